The summed E-state index contributed by atoms with van der Waals surface area (Å²) in [4.78, 5) is 14.7. The van der Waals surface area contributed by atoms with E-state index < -0.39 is 0 Å². The minimum atomic E-state index is -0.0426. The molecule has 0 bridgehead atoms. The number of hydrogen-bond acceptors (Lipinski definition) is 3. The Hall–Kier alpha value is -1.46. The first-order valence-electron chi connectivity index (χ1n) is 6.94. The van der Waals surface area contributed by atoms with Crippen LogP contribution in [0.3, 0.4) is 0 Å². The summed E-state index contributed by atoms with van der Waals surface area (Å²) in [6.45, 7) is 7.77. The van der Waals surface area contributed by atoms with Gasteiger partial charge in [-0.25, -0.2) is 0 Å². The highest BCUT2D eigenvalue weighted by Crippen LogP contribution is 2.05. The molecule has 20 heavy (non-hydrogen) atoms. The molecule has 1 aromatic rings. The molecule has 0 fully saturated rings. The summed E-state index contributed by atoms with van der Waals surface area (Å²) in [5.74, 6) is -0.0426. The highest BCUT2D eigenvalue weighted by atomic mass is 32.1. The van der Waals surface area contributed by atoms with Gasteiger partial charge in [0.05, 0.1) is 4.99 Å². The molecule has 0 aliphatic rings. The van der Waals surface area contributed by atoms with E-state index in [-0.39, 0.29) is 5.91 Å². The number of carbonyl (C=O) groups excluding carboxylic acids is 1. The van der Waals surface area contributed by atoms with Crippen molar-refractivity contribution in [3.8, 4) is 0 Å². The molecule has 0 saturated heterocycles. The Balaban J connectivity index is 2.45. The van der Waals surface area contributed by atoms with Crippen molar-refractivity contribution in [1.82, 2.24) is 10.2 Å². The number of nitrogens with zero attached hydrogens (tertiary/aromatic N) is 1. The van der Waals surface area contributed by atoms with E-state index >= 15 is 0 Å². The van der Waals surface area contributed by atoms with Gasteiger partial charge >= 0.3 is 0 Å². The molecule has 1 rings (SSSR count). The SMILES string of the molecule is CCN(CC)CCNC(=O)c1ccc(CC(N)=S)cc1. The Morgan fingerprint density at radius 2 is 1.85 bits per heavy atom. The zero-order chi connectivity index (χ0) is 15.0. The van der Waals surface area contributed by atoms with Crippen LogP contribution in [0.1, 0.15) is 29.8 Å². The average Bonchev–Trinajstić information content (AvgIpc) is 2.43. The van der Waals surface area contributed by atoms with Gasteiger partial charge in [0.15, 0.2) is 0 Å². The summed E-state index contributed by atoms with van der Waals surface area (Å²) in [5, 5.41) is 2.93. The first-order chi connectivity index (χ1) is 9.56. The van der Waals surface area contributed by atoms with Gasteiger partial charge in [-0.05, 0) is 30.8 Å². The summed E-state index contributed by atoms with van der Waals surface area (Å²) in [6.07, 6.45) is 0.569. The summed E-state index contributed by atoms with van der Waals surface area (Å²) in [5.41, 5.74) is 7.18. The van der Waals surface area contributed by atoms with Crippen molar-refractivity contribution < 1.29 is 4.79 Å². The normalized spacial score (nSPS) is 10.6. The molecule has 0 aliphatic carbocycles. The van der Waals surface area contributed by atoms with Crippen LogP contribution in [0, 0.1) is 0 Å². The average molecular weight is 293 g/mol. The first kappa shape index (κ1) is 16.6. The summed E-state index contributed by atoms with van der Waals surface area (Å²) >= 11 is 4.86. The molecule has 0 unspecified atom stereocenters. The van der Waals surface area contributed by atoms with E-state index in [4.69, 9.17) is 18.0 Å². The number of rotatable bonds is 8. The van der Waals surface area contributed by atoms with Crippen LogP contribution in [0.5, 0.6) is 0 Å². The van der Waals surface area contributed by atoms with Gasteiger partial charge in [0.1, 0.15) is 0 Å². The monoisotopic (exact) mass is 293 g/mol. The number of hydrogen-bond donors (Lipinski definition) is 2. The predicted molar refractivity (Wildman–Crippen MR) is 87.1 cm³/mol. The molecule has 0 saturated carbocycles. The molecule has 4 nitrogen and oxygen atoms in total. The topological polar surface area (TPSA) is 58.4 Å². The van der Waals surface area contributed by atoms with Gasteiger partial charge in [0.2, 0.25) is 0 Å². The van der Waals surface area contributed by atoms with Gasteiger partial charge in [-0.1, -0.05) is 38.2 Å². The second-order valence-corrected chi connectivity index (χ2v) is 5.15. The van der Waals surface area contributed by atoms with Gasteiger partial charge in [0, 0.05) is 25.1 Å². The van der Waals surface area contributed by atoms with Gasteiger partial charge in [-0.3, -0.25) is 4.79 Å². The fraction of sp³-hybridized carbons (Fsp3) is 0.467. The molecule has 0 spiro atoms. The van der Waals surface area contributed by atoms with Crippen LogP contribution in [0.15, 0.2) is 24.3 Å². The fourth-order valence-corrected chi connectivity index (χ4v) is 2.11. The van der Waals surface area contributed by atoms with E-state index in [1.807, 2.05) is 12.1 Å². The zero-order valence-corrected chi connectivity index (χ0v) is 13.0. The largest absolute Gasteiger partial charge is 0.393 e. The van der Waals surface area contributed by atoms with Crippen molar-refractivity contribution in [3.05, 3.63) is 35.4 Å². The van der Waals surface area contributed by atoms with Crippen LogP contribution < -0.4 is 11.1 Å². The van der Waals surface area contributed by atoms with Crippen molar-refractivity contribution in [2.45, 2.75) is 20.3 Å². The maximum atomic E-state index is 12.0. The molecule has 5 heteroatoms. The van der Waals surface area contributed by atoms with E-state index in [2.05, 4.69) is 24.1 Å². The molecule has 1 amide bonds. The fourth-order valence-electron chi connectivity index (χ4n) is 1.94. The Kier molecular flexibility index (Phi) is 7.18. The van der Waals surface area contributed by atoms with E-state index in [1.165, 1.54) is 0 Å². The Labute approximate surface area is 126 Å². The van der Waals surface area contributed by atoms with Crippen molar-refractivity contribution in [2.24, 2.45) is 5.73 Å². The Morgan fingerprint density at radius 1 is 1.25 bits per heavy atom. The van der Waals surface area contributed by atoms with Gasteiger partial charge < -0.3 is 16.0 Å². The molecule has 0 aromatic heterocycles. The first-order valence-corrected chi connectivity index (χ1v) is 7.35. The molecule has 0 heterocycles. The molecule has 1 aromatic carbocycles. The van der Waals surface area contributed by atoms with Crippen LogP contribution >= 0.6 is 12.2 Å². The number of amides is 1. The van der Waals surface area contributed by atoms with Crippen LogP contribution in [0.25, 0.3) is 0 Å². The maximum Gasteiger partial charge on any atom is 0.251 e. The molecule has 110 valence electrons. The lowest BCUT2D eigenvalue weighted by Gasteiger charge is -2.17. The van der Waals surface area contributed by atoms with Crippen LogP contribution in [0.4, 0.5) is 0 Å². The lowest BCUT2D eigenvalue weighted by atomic mass is 10.1. The third-order valence-electron chi connectivity index (χ3n) is 3.20. The van der Waals surface area contributed by atoms with Crippen molar-refractivity contribution in [1.29, 1.82) is 0 Å². The second-order valence-electron chi connectivity index (χ2n) is 4.62. The smallest absolute Gasteiger partial charge is 0.251 e. The third kappa shape index (κ3) is 5.67. The molecule has 0 aliphatic heterocycles. The van der Waals surface area contributed by atoms with Crippen molar-refractivity contribution >= 4 is 23.1 Å². The summed E-state index contributed by atoms with van der Waals surface area (Å²) < 4.78 is 0. The number of benzene rings is 1. The number of thiocarbonyl (C=S) groups is 1. The van der Waals surface area contributed by atoms with Gasteiger partial charge in [-0.2, -0.15) is 0 Å². The predicted octanol–water partition coefficient (Wildman–Crippen LogP) is 1.59. The third-order valence-corrected chi connectivity index (χ3v) is 3.35. The minimum Gasteiger partial charge on any atom is -0.393 e. The van der Waals surface area contributed by atoms with Crippen LogP contribution in [-0.2, 0) is 6.42 Å². The zero-order valence-electron chi connectivity index (χ0n) is 12.2. The molecular weight excluding hydrogens is 270 g/mol. The van der Waals surface area contributed by atoms with Crippen LogP contribution in [-0.4, -0.2) is 42.0 Å². The second kappa shape index (κ2) is 8.66. The lowest BCUT2D eigenvalue weighted by molar-refractivity contribution is 0.0949. The van der Waals surface area contributed by atoms with E-state index in [9.17, 15) is 4.79 Å². The van der Waals surface area contributed by atoms with E-state index in [1.54, 1.807) is 12.1 Å². The van der Waals surface area contributed by atoms with Crippen molar-refractivity contribution in [2.75, 3.05) is 26.2 Å². The van der Waals surface area contributed by atoms with E-state index in [0.717, 1.165) is 25.2 Å². The van der Waals surface area contributed by atoms with E-state index in [0.29, 0.717) is 23.5 Å². The highest BCUT2D eigenvalue weighted by Gasteiger charge is 2.06. The summed E-state index contributed by atoms with van der Waals surface area (Å²) in [7, 11) is 0. The molecule has 0 atom stereocenters. The Bertz CT molecular complexity index is 441. The van der Waals surface area contributed by atoms with Gasteiger partial charge in [-0.15, -0.1) is 0 Å². The van der Waals surface area contributed by atoms with Crippen LogP contribution in [0.2, 0.25) is 0 Å². The highest BCUT2D eigenvalue weighted by molar-refractivity contribution is 7.80. The number of nitrogens with two attached hydrogens (primary N) is 1. The van der Waals surface area contributed by atoms with Gasteiger partial charge in [0.25, 0.3) is 5.91 Å². The molecule has 3 N–H and O–H groups in total. The number of nitrogens with one attached hydrogen (secondary N) is 1. The standard InChI is InChI=1S/C15H23N3OS/c1-3-18(4-2)10-9-17-15(19)13-7-5-12(6-8-13)11-14(16)20/h5-8H,3-4,9-11H2,1-2H3,(H2,16,20)(H,17,19). The maximum absolute atomic E-state index is 12.0. The number of likely N-dealkylation sites (N-methyl/N-ethyl adjacent to an activating group) is 1. The summed E-state index contributed by atoms with van der Waals surface area (Å²) in [6, 6.07) is 7.39. The molecule has 0 radical (unpaired) electrons. The quantitative estimate of drug-likeness (QED) is 0.715. The minimum absolute atomic E-state index is 0.0426. The molecular formula is C15H23N3OS. The van der Waals surface area contributed by atoms with Crippen molar-refractivity contribution in [3.63, 3.8) is 0 Å². The lowest BCUT2D eigenvalue weighted by Crippen LogP contribution is -2.34. The Morgan fingerprint density at radius 3 is 2.35 bits per heavy atom. The number of carbonyl (C=O) groups is 1.